The maximum atomic E-state index is 12.6. The molecule has 1 heterocycles. The Morgan fingerprint density at radius 1 is 1.25 bits per heavy atom. The zero-order chi connectivity index (χ0) is 18.1. The summed E-state index contributed by atoms with van der Waals surface area (Å²) in [5, 5.41) is 4.03. The summed E-state index contributed by atoms with van der Waals surface area (Å²) in [6.07, 6.45) is -4.49. The maximum absolute atomic E-state index is 12.6. The normalized spacial score (nSPS) is 11.4. The summed E-state index contributed by atoms with van der Waals surface area (Å²) < 4.78 is 44.2. The van der Waals surface area contributed by atoms with Gasteiger partial charge in [-0.05, 0) is 31.5 Å². The minimum absolute atomic E-state index is 0.144. The fourth-order valence-corrected chi connectivity index (χ4v) is 2.26. The first kappa shape index (κ1) is 17.7. The van der Waals surface area contributed by atoms with Crippen LogP contribution in [-0.4, -0.2) is 21.5 Å². The van der Waals surface area contributed by atoms with Crippen LogP contribution in [0, 0.1) is 13.8 Å². The van der Waals surface area contributed by atoms with Gasteiger partial charge in [0.05, 0.1) is 16.8 Å². The molecule has 8 heteroatoms. The second-order valence-corrected chi connectivity index (χ2v) is 5.27. The summed E-state index contributed by atoms with van der Waals surface area (Å²) in [5.41, 5.74) is 0.336. The quantitative estimate of drug-likeness (QED) is 0.488. The molecule has 2 aromatic rings. The fraction of sp³-hybridized carbons (Fsp3) is 0.312. The lowest BCUT2D eigenvalue weighted by Crippen LogP contribution is -2.19. The average Bonchev–Trinajstić information content (AvgIpc) is 2.76. The highest BCUT2D eigenvalue weighted by Gasteiger charge is 2.30. The summed E-state index contributed by atoms with van der Waals surface area (Å²) in [7, 11) is 1.63. The molecule has 0 saturated heterocycles. The first-order valence-corrected chi connectivity index (χ1v) is 6.99. The lowest BCUT2D eigenvalue weighted by molar-refractivity contribution is -0.139. The van der Waals surface area contributed by atoms with Crippen molar-refractivity contribution in [2.75, 3.05) is 0 Å². The molecule has 0 spiro atoms. The Labute approximate surface area is 136 Å². The zero-order valence-electron chi connectivity index (χ0n) is 13.3. The number of nitrogens with zero attached hydrogens (tertiary/aromatic N) is 2. The van der Waals surface area contributed by atoms with Gasteiger partial charge in [0, 0.05) is 12.7 Å². The van der Waals surface area contributed by atoms with Gasteiger partial charge >= 0.3 is 12.1 Å². The van der Waals surface area contributed by atoms with E-state index >= 15 is 0 Å². The van der Waals surface area contributed by atoms with E-state index in [9.17, 15) is 22.8 Å². The molecule has 0 saturated carbocycles. The molecule has 0 N–H and O–H groups in total. The second kappa shape index (κ2) is 6.46. The lowest BCUT2D eigenvalue weighted by Gasteiger charge is -2.09. The molecular formula is C16H15F3N2O3. The zero-order valence-corrected chi connectivity index (χ0v) is 13.3. The molecule has 2 rings (SSSR count). The second-order valence-electron chi connectivity index (χ2n) is 5.27. The SMILES string of the molecule is Cc1nn(C)c(C)c1C(=O)C(=O)OCc1cccc(C(F)(F)F)c1. The van der Waals surface area contributed by atoms with Crippen molar-refractivity contribution in [3.05, 3.63) is 52.3 Å². The lowest BCUT2D eigenvalue weighted by atomic mass is 10.1. The molecule has 0 fully saturated rings. The number of esters is 1. The minimum atomic E-state index is -4.49. The molecule has 0 amide bonds. The highest BCUT2D eigenvalue weighted by Crippen LogP contribution is 2.29. The van der Waals surface area contributed by atoms with E-state index in [4.69, 9.17) is 4.74 Å². The third-order valence-corrected chi connectivity index (χ3v) is 3.55. The van der Waals surface area contributed by atoms with Crippen LogP contribution in [-0.2, 0) is 29.4 Å². The molecule has 0 atom stereocenters. The van der Waals surface area contributed by atoms with E-state index < -0.39 is 30.1 Å². The summed E-state index contributed by atoms with van der Waals surface area (Å²) in [4.78, 5) is 24.0. The Morgan fingerprint density at radius 3 is 2.46 bits per heavy atom. The number of aryl methyl sites for hydroxylation is 2. The topological polar surface area (TPSA) is 61.2 Å². The number of hydrogen-bond donors (Lipinski definition) is 0. The third-order valence-electron chi connectivity index (χ3n) is 3.55. The monoisotopic (exact) mass is 340 g/mol. The van der Waals surface area contributed by atoms with E-state index in [0.717, 1.165) is 12.1 Å². The van der Waals surface area contributed by atoms with Crippen LogP contribution >= 0.6 is 0 Å². The van der Waals surface area contributed by atoms with Gasteiger partial charge in [-0.15, -0.1) is 0 Å². The number of halogens is 3. The van der Waals surface area contributed by atoms with Gasteiger partial charge in [-0.2, -0.15) is 18.3 Å². The molecule has 0 aliphatic heterocycles. The van der Waals surface area contributed by atoms with Crippen molar-refractivity contribution >= 4 is 11.8 Å². The molecule has 128 valence electrons. The molecule has 0 radical (unpaired) electrons. The number of carbonyl (C=O) groups excluding carboxylic acids is 2. The molecule has 1 aromatic heterocycles. The van der Waals surface area contributed by atoms with Crippen LogP contribution < -0.4 is 0 Å². The van der Waals surface area contributed by atoms with Crippen LogP contribution in [0.2, 0.25) is 0 Å². The van der Waals surface area contributed by atoms with Gasteiger partial charge in [0.15, 0.2) is 0 Å². The number of rotatable bonds is 4. The number of ketones is 1. The number of carbonyl (C=O) groups is 2. The fourth-order valence-electron chi connectivity index (χ4n) is 2.26. The molecule has 0 unspecified atom stereocenters. The summed E-state index contributed by atoms with van der Waals surface area (Å²) in [5.74, 6) is -2.00. The third kappa shape index (κ3) is 3.64. The van der Waals surface area contributed by atoms with E-state index in [2.05, 4.69) is 5.10 Å². The van der Waals surface area contributed by atoms with Gasteiger partial charge in [0.25, 0.3) is 5.78 Å². The van der Waals surface area contributed by atoms with Crippen LogP contribution in [0.15, 0.2) is 24.3 Å². The number of ether oxygens (including phenoxy) is 1. The van der Waals surface area contributed by atoms with Crippen LogP contribution in [0.3, 0.4) is 0 Å². The summed E-state index contributed by atoms with van der Waals surface area (Å²) in [6, 6.07) is 4.38. The highest BCUT2D eigenvalue weighted by atomic mass is 19.4. The van der Waals surface area contributed by atoms with Crippen molar-refractivity contribution in [2.45, 2.75) is 26.6 Å². The molecule has 0 bridgehead atoms. The largest absolute Gasteiger partial charge is 0.455 e. The van der Waals surface area contributed by atoms with Crippen LogP contribution in [0.4, 0.5) is 13.2 Å². The molecule has 0 aliphatic rings. The summed E-state index contributed by atoms with van der Waals surface area (Å²) in [6.45, 7) is 2.79. The molecule has 5 nitrogen and oxygen atoms in total. The molecule has 1 aromatic carbocycles. The Kier molecular flexibility index (Phi) is 4.77. The van der Waals surface area contributed by atoms with E-state index in [1.807, 2.05) is 0 Å². The number of aromatic nitrogens is 2. The van der Waals surface area contributed by atoms with E-state index in [0.29, 0.717) is 11.4 Å². The van der Waals surface area contributed by atoms with Gasteiger partial charge in [-0.3, -0.25) is 9.48 Å². The van der Waals surface area contributed by atoms with Crippen LogP contribution in [0.5, 0.6) is 0 Å². The predicted molar refractivity (Wildman–Crippen MR) is 78.3 cm³/mol. The average molecular weight is 340 g/mol. The maximum Gasteiger partial charge on any atom is 0.416 e. The first-order chi connectivity index (χ1) is 11.1. The van der Waals surface area contributed by atoms with Crippen molar-refractivity contribution in [1.82, 2.24) is 9.78 Å². The Bertz CT molecular complexity index is 794. The number of hydrogen-bond acceptors (Lipinski definition) is 4. The van der Waals surface area contributed by atoms with Gasteiger partial charge in [0.2, 0.25) is 0 Å². The van der Waals surface area contributed by atoms with Crippen molar-refractivity contribution in [2.24, 2.45) is 7.05 Å². The standard InChI is InChI=1S/C16H15F3N2O3/c1-9-13(10(2)21(3)20-9)14(22)15(23)24-8-11-5-4-6-12(7-11)16(17,18)19/h4-7H,8H2,1-3H3. The van der Waals surface area contributed by atoms with Crippen molar-refractivity contribution in [1.29, 1.82) is 0 Å². The van der Waals surface area contributed by atoms with Gasteiger partial charge < -0.3 is 4.74 Å². The van der Waals surface area contributed by atoms with Gasteiger partial charge in [-0.1, -0.05) is 12.1 Å². The van der Waals surface area contributed by atoms with Crippen molar-refractivity contribution in [3.8, 4) is 0 Å². The van der Waals surface area contributed by atoms with E-state index in [1.54, 1.807) is 20.9 Å². The van der Waals surface area contributed by atoms with E-state index in [1.165, 1.54) is 16.8 Å². The van der Waals surface area contributed by atoms with Gasteiger partial charge in [0.1, 0.15) is 6.61 Å². The Balaban J connectivity index is 2.10. The molecule has 24 heavy (non-hydrogen) atoms. The number of benzene rings is 1. The highest BCUT2D eigenvalue weighted by molar-refractivity contribution is 6.41. The first-order valence-electron chi connectivity index (χ1n) is 6.99. The molecular weight excluding hydrogens is 325 g/mol. The predicted octanol–water partition coefficient (Wildman–Crippen LogP) is 2.98. The van der Waals surface area contributed by atoms with Gasteiger partial charge in [-0.25, -0.2) is 4.79 Å². The van der Waals surface area contributed by atoms with Crippen molar-refractivity contribution < 1.29 is 27.5 Å². The van der Waals surface area contributed by atoms with Crippen molar-refractivity contribution in [3.63, 3.8) is 0 Å². The summed E-state index contributed by atoms with van der Waals surface area (Å²) >= 11 is 0. The number of alkyl halides is 3. The van der Waals surface area contributed by atoms with Crippen LogP contribution in [0.1, 0.15) is 32.9 Å². The smallest absolute Gasteiger partial charge is 0.416 e. The van der Waals surface area contributed by atoms with Crippen LogP contribution in [0.25, 0.3) is 0 Å². The Hall–Kier alpha value is -2.64. The van der Waals surface area contributed by atoms with E-state index in [-0.39, 0.29) is 11.1 Å². The molecule has 0 aliphatic carbocycles. The Morgan fingerprint density at radius 2 is 1.92 bits per heavy atom. The minimum Gasteiger partial charge on any atom is -0.455 e. The number of Topliss-reactive ketones (excluding diaryl/α,β-unsaturated/α-hetero) is 1.